The highest BCUT2D eigenvalue weighted by molar-refractivity contribution is 6.08. The molecule has 0 unspecified atom stereocenters. The molecule has 100 valence electrons. The lowest BCUT2D eigenvalue weighted by molar-refractivity contribution is 0.0994. The third-order valence-corrected chi connectivity index (χ3v) is 4.12. The summed E-state index contributed by atoms with van der Waals surface area (Å²) in [5, 5.41) is 9.29. The van der Waals surface area contributed by atoms with E-state index in [-0.39, 0.29) is 0 Å². The molecule has 2 heterocycles. The normalized spacial score (nSPS) is 14.6. The zero-order valence-corrected chi connectivity index (χ0v) is 10.9. The predicted molar refractivity (Wildman–Crippen MR) is 76.6 cm³/mol. The molecule has 0 fully saturated rings. The minimum absolute atomic E-state index is 0.433. The van der Waals surface area contributed by atoms with Gasteiger partial charge in [0, 0.05) is 10.8 Å². The summed E-state index contributed by atoms with van der Waals surface area (Å²) in [4.78, 5) is 16.2. The van der Waals surface area contributed by atoms with E-state index in [2.05, 4.69) is 15.2 Å². The van der Waals surface area contributed by atoms with Crippen molar-refractivity contribution in [1.82, 2.24) is 15.2 Å². The summed E-state index contributed by atoms with van der Waals surface area (Å²) >= 11 is 0. The Kier molecular flexibility index (Phi) is 2.30. The molecule has 1 aliphatic carbocycles. The molecule has 1 amide bonds. The number of carbonyl (C=O) groups is 1. The van der Waals surface area contributed by atoms with Gasteiger partial charge in [0.2, 0.25) is 0 Å². The van der Waals surface area contributed by atoms with Gasteiger partial charge in [-0.2, -0.15) is 5.10 Å². The number of amides is 1. The van der Waals surface area contributed by atoms with Gasteiger partial charge in [-0.3, -0.25) is 9.89 Å². The molecule has 3 N–H and O–H groups in total. The van der Waals surface area contributed by atoms with Gasteiger partial charge in [0.15, 0.2) is 0 Å². The SMILES string of the molecule is NC(=O)c1nc2ccc3[nH]ncc3c2c2c1CCCC2. The highest BCUT2D eigenvalue weighted by atomic mass is 16.1. The number of aromatic nitrogens is 3. The number of carbonyl (C=O) groups excluding carboxylic acids is 1. The number of benzene rings is 1. The standard InChI is InChI=1S/C15H14N4O/c16-15(20)14-9-4-2-1-3-8(9)13-10-7-17-19-11(10)5-6-12(13)18-14/h5-7H,1-4H2,(H2,16,20)(H,17,19). The van der Waals surface area contributed by atoms with Crippen molar-refractivity contribution in [3.8, 4) is 0 Å². The van der Waals surface area contributed by atoms with Crippen molar-refractivity contribution in [3.05, 3.63) is 35.2 Å². The van der Waals surface area contributed by atoms with E-state index < -0.39 is 5.91 Å². The van der Waals surface area contributed by atoms with Gasteiger partial charge in [-0.15, -0.1) is 0 Å². The summed E-state index contributed by atoms with van der Waals surface area (Å²) in [5.74, 6) is -0.433. The van der Waals surface area contributed by atoms with Crippen molar-refractivity contribution in [2.24, 2.45) is 5.73 Å². The third kappa shape index (κ3) is 1.46. The number of H-pyrrole nitrogens is 1. The number of primary amides is 1. The number of aromatic amines is 1. The van der Waals surface area contributed by atoms with Crippen molar-refractivity contribution < 1.29 is 4.79 Å². The lowest BCUT2D eigenvalue weighted by Gasteiger charge is -2.20. The number of pyridine rings is 1. The molecule has 2 aromatic heterocycles. The molecule has 4 rings (SSSR count). The number of nitrogens with one attached hydrogen (secondary N) is 1. The van der Waals surface area contributed by atoms with Crippen LogP contribution in [0.2, 0.25) is 0 Å². The first-order valence-corrected chi connectivity index (χ1v) is 6.83. The second-order valence-corrected chi connectivity index (χ2v) is 5.28. The first-order valence-electron chi connectivity index (χ1n) is 6.83. The maximum absolute atomic E-state index is 11.7. The summed E-state index contributed by atoms with van der Waals surface area (Å²) in [5.41, 5.74) is 10.0. The van der Waals surface area contributed by atoms with Crippen LogP contribution < -0.4 is 5.73 Å². The molecule has 0 spiro atoms. The number of hydrogen-bond donors (Lipinski definition) is 2. The molecule has 0 atom stereocenters. The summed E-state index contributed by atoms with van der Waals surface area (Å²) in [7, 11) is 0. The van der Waals surface area contributed by atoms with Crippen LogP contribution in [0.1, 0.15) is 34.5 Å². The van der Waals surface area contributed by atoms with Crippen molar-refractivity contribution in [3.63, 3.8) is 0 Å². The van der Waals surface area contributed by atoms with E-state index in [1.807, 2.05) is 18.3 Å². The number of hydrogen-bond acceptors (Lipinski definition) is 3. The lowest BCUT2D eigenvalue weighted by atomic mass is 9.87. The second-order valence-electron chi connectivity index (χ2n) is 5.28. The molecule has 1 aliphatic rings. The molecular formula is C15H14N4O. The maximum atomic E-state index is 11.7. The Bertz CT molecular complexity index is 850. The van der Waals surface area contributed by atoms with E-state index in [4.69, 9.17) is 5.73 Å². The molecule has 3 aromatic rings. The average Bonchev–Trinajstić information content (AvgIpc) is 2.94. The molecule has 20 heavy (non-hydrogen) atoms. The molecule has 0 radical (unpaired) electrons. The van der Waals surface area contributed by atoms with Crippen LogP contribution in [0, 0.1) is 0 Å². The summed E-state index contributed by atoms with van der Waals surface area (Å²) in [6, 6.07) is 3.87. The van der Waals surface area contributed by atoms with E-state index in [1.165, 1.54) is 5.56 Å². The van der Waals surface area contributed by atoms with Crippen molar-refractivity contribution in [2.45, 2.75) is 25.7 Å². The minimum atomic E-state index is -0.433. The second kappa shape index (κ2) is 4.03. The number of nitrogens with zero attached hydrogens (tertiary/aromatic N) is 2. The molecule has 5 nitrogen and oxygen atoms in total. The number of rotatable bonds is 1. The third-order valence-electron chi connectivity index (χ3n) is 4.12. The van der Waals surface area contributed by atoms with Crippen molar-refractivity contribution >= 4 is 27.7 Å². The van der Waals surface area contributed by atoms with E-state index in [9.17, 15) is 4.79 Å². The fourth-order valence-corrected chi connectivity index (χ4v) is 3.25. The Morgan fingerprint density at radius 2 is 2.00 bits per heavy atom. The topological polar surface area (TPSA) is 84.7 Å². The summed E-state index contributed by atoms with van der Waals surface area (Å²) < 4.78 is 0. The highest BCUT2D eigenvalue weighted by Gasteiger charge is 2.22. The van der Waals surface area contributed by atoms with Crippen LogP contribution in [0.4, 0.5) is 0 Å². The van der Waals surface area contributed by atoms with Gasteiger partial charge in [0.1, 0.15) is 5.69 Å². The van der Waals surface area contributed by atoms with Crippen LogP contribution in [0.15, 0.2) is 18.3 Å². The van der Waals surface area contributed by atoms with Gasteiger partial charge in [-0.1, -0.05) is 0 Å². The molecule has 1 aromatic carbocycles. The Hall–Kier alpha value is -2.43. The Balaban J connectivity index is 2.21. The highest BCUT2D eigenvalue weighted by Crippen LogP contribution is 2.34. The van der Waals surface area contributed by atoms with Crippen molar-refractivity contribution in [2.75, 3.05) is 0 Å². The number of fused-ring (bicyclic) bond motifs is 5. The van der Waals surface area contributed by atoms with Crippen LogP contribution in [-0.2, 0) is 12.8 Å². The smallest absolute Gasteiger partial charge is 0.267 e. The number of aryl methyl sites for hydroxylation is 1. The van der Waals surface area contributed by atoms with E-state index in [0.29, 0.717) is 5.69 Å². The van der Waals surface area contributed by atoms with Gasteiger partial charge in [0.05, 0.1) is 17.2 Å². The van der Waals surface area contributed by atoms with Gasteiger partial charge in [0.25, 0.3) is 5.91 Å². The van der Waals surface area contributed by atoms with Gasteiger partial charge in [-0.25, -0.2) is 4.98 Å². The zero-order valence-electron chi connectivity index (χ0n) is 10.9. The molecule has 0 saturated heterocycles. The maximum Gasteiger partial charge on any atom is 0.267 e. The average molecular weight is 266 g/mol. The lowest BCUT2D eigenvalue weighted by Crippen LogP contribution is -2.19. The van der Waals surface area contributed by atoms with E-state index in [0.717, 1.165) is 53.1 Å². The Labute approximate surface area is 115 Å². The van der Waals surface area contributed by atoms with Crippen molar-refractivity contribution in [1.29, 1.82) is 0 Å². The van der Waals surface area contributed by atoms with Gasteiger partial charge < -0.3 is 5.73 Å². The van der Waals surface area contributed by atoms with Crippen LogP contribution in [0.5, 0.6) is 0 Å². The summed E-state index contributed by atoms with van der Waals surface area (Å²) in [6.45, 7) is 0. The fraction of sp³-hybridized carbons (Fsp3) is 0.267. The van der Waals surface area contributed by atoms with E-state index in [1.54, 1.807) is 0 Å². The molecular weight excluding hydrogens is 252 g/mol. The molecule has 0 bridgehead atoms. The molecule has 5 heteroatoms. The monoisotopic (exact) mass is 266 g/mol. The van der Waals surface area contributed by atoms with Crippen LogP contribution in [0.3, 0.4) is 0 Å². The van der Waals surface area contributed by atoms with E-state index >= 15 is 0 Å². The first kappa shape index (κ1) is 11.4. The molecule has 0 aliphatic heterocycles. The predicted octanol–water partition coefficient (Wildman–Crippen LogP) is 2.09. The van der Waals surface area contributed by atoms with Crippen LogP contribution in [-0.4, -0.2) is 21.1 Å². The Morgan fingerprint density at radius 3 is 2.80 bits per heavy atom. The molecule has 0 saturated carbocycles. The zero-order chi connectivity index (χ0) is 13.7. The van der Waals surface area contributed by atoms with Crippen LogP contribution in [0.25, 0.3) is 21.8 Å². The Morgan fingerprint density at radius 1 is 1.20 bits per heavy atom. The quantitative estimate of drug-likeness (QED) is 0.707. The van der Waals surface area contributed by atoms with Gasteiger partial charge >= 0.3 is 0 Å². The fourth-order valence-electron chi connectivity index (χ4n) is 3.25. The summed E-state index contributed by atoms with van der Waals surface area (Å²) in [6.07, 6.45) is 5.91. The van der Waals surface area contributed by atoms with Crippen LogP contribution >= 0.6 is 0 Å². The number of nitrogens with two attached hydrogens (primary N) is 1. The first-order chi connectivity index (χ1) is 9.75. The van der Waals surface area contributed by atoms with Gasteiger partial charge in [-0.05, 0) is 48.9 Å². The largest absolute Gasteiger partial charge is 0.364 e. The minimum Gasteiger partial charge on any atom is -0.364 e.